The topological polar surface area (TPSA) is 33.1 Å². The molecule has 0 atom stereocenters. The summed E-state index contributed by atoms with van der Waals surface area (Å²) in [5.74, 6) is -0.416. The molecule has 1 aromatic heterocycles. The molecule has 0 bridgehead atoms. The van der Waals surface area contributed by atoms with Gasteiger partial charge in [0.2, 0.25) is 0 Å². The summed E-state index contributed by atoms with van der Waals surface area (Å²) >= 11 is 0. The lowest BCUT2D eigenvalue weighted by Crippen LogP contribution is -1.96. The molecule has 0 aliphatic rings. The third kappa shape index (κ3) is 2.27. The molecular formula is C8H9FNO. The van der Waals surface area contributed by atoms with Gasteiger partial charge in [0, 0.05) is 18.9 Å². The van der Waals surface area contributed by atoms with Gasteiger partial charge in [0.1, 0.15) is 0 Å². The summed E-state index contributed by atoms with van der Waals surface area (Å²) in [4.78, 5) is 3.80. The van der Waals surface area contributed by atoms with E-state index in [1.165, 1.54) is 12.3 Å². The number of hydrogen-bond acceptors (Lipinski definition) is 2. The second kappa shape index (κ2) is 4.03. The number of halogens is 1. The summed E-state index contributed by atoms with van der Waals surface area (Å²) in [6.45, 7) is 0.0655. The predicted octanol–water partition coefficient (Wildman–Crippen LogP) is 0.946. The highest BCUT2D eigenvalue weighted by molar-refractivity contribution is 5.05. The van der Waals surface area contributed by atoms with Gasteiger partial charge >= 0.3 is 0 Å². The fourth-order valence-electron chi connectivity index (χ4n) is 0.798. The second-order valence-electron chi connectivity index (χ2n) is 2.18. The van der Waals surface area contributed by atoms with Gasteiger partial charge < -0.3 is 5.11 Å². The molecule has 3 heteroatoms. The van der Waals surface area contributed by atoms with Crippen LogP contribution in [0, 0.1) is 11.9 Å². The maximum atomic E-state index is 12.7. The van der Waals surface area contributed by atoms with Gasteiger partial charge in [-0.3, -0.25) is 4.98 Å². The Kier molecular flexibility index (Phi) is 2.98. The Labute approximate surface area is 64.7 Å². The molecule has 0 aliphatic heterocycles. The van der Waals surface area contributed by atoms with Crippen molar-refractivity contribution in [3.05, 3.63) is 29.8 Å². The van der Waals surface area contributed by atoms with Crippen LogP contribution in [0.2, 0.25) is 0 Å². The van der Waals surface area contributed by atoms with E-state index in [1.807, 2.05) is 0 Å². The molecule has 59 valence electrons. The van der Waals surface area contributed by atoms with E-state index in [1.54, 1.807) is 0 Å². The van der Waals surface area contributed by atoms with Gasteiger partial charge in [0.15, 0.2) is 5.82 Å². The van der Waals surface area contributed by atoms with E-state index in [-0.39, 0.29) is 6.61 Å². The monoisotopic (exact) mass is 154 g/mol. The Bertz CT molecular complexity index is 227. The van der Waals surface area contributed by atoms with Crippen molar-refractivity contribution in [2.45, 2.75) is 12.8 Å². The van der Waals surface area contributed by atoms with E-state index >= 15 is 0 Å². The Morgan fingerprint density at radius 3 is 3.09 bits per heavy atom. The molecule has 0 saturated carbocycles. The molecule has 0 unspecified atom stereocenters. The van der Waals surface area contributed by atoms with Crippen LogP contribution >= 0.6 is 0 Å². The van der Waals surface area contributed by atoms with Crippen LogP contribution in [0.1, 0.15) is 12.1 Å². The fraction of sp³-hybridized carbons (Fsp3) is 0.375. The highest BCUT2D eigenvalue weighted by atomic mass is 19.1. The van der Waals surface area contributed by atoms with Crippen LogP contribution in [0.15, 0.2) is 12.3 Å². The number of aromatic nitrogens is 1. The van der Waals surface area contributed by atoms with E-state index in [9.17, 15) is 4.39 Å². The van der Waals surface area contributed by atoms with Gasteiger partial charge in [-0.2, -0.15) is 0 Å². The Hall–Kier alpha value is -0.960. The van der Waals surface area contributed by atoms with E-state index in [4.69, 9.17) is 5.11 Å². The summed E-state index contributed by atoms with van der Waals surface area (Å²) in [6.07, 6.45) is 2.51. The maximum Gasteiger partial charge on any atom is 0.152 e. The molecule has 0 spiro atoms. The minimum absolute atomic E-state index is 0.0655. The first-order chi connectivity index (χ1) is 5.34. The molecule has 1 aromatic rings. The largest absolute Gasteiger partial charge is 0.396 e. The number of nitrogens with zero attached hydrogens (tertiary/aromatic N) is 1. The number of pyridine rings is 1. The fourth-order valence-corrected chi connectivity index (χ4v) is 0.798. The van der Waals surface area contributed by atoms with Crippen molar-refractivity contribution in [1.82, 2.24) is 4.98 Å². The highest BCUT2D eigenvalue weighted by Gasteiger charge is 2.00. The third-order valence-electron chi connectivity index (χ3n) is 1.34. The lowest BCUT2D eigenvalue weighted by atomic mass is 10.2. The Morgan fingerprint density at radius 2 is 2.45 bits per heavy atom. The predicted molar refractivity (Wildman–Crippen MR) is 38.4 cm³/mol. The molecule has 0 aliphatic carbocycles. The third-order valence-corrected chi connectivity index (χ3v) is 1.34. The maximum absolute atomic E-state index is 12.7. The number of rotatable bonds is 3. The van der Waals surface area contributed by atoms with Crippen molar-refractivity contribution in [2.24, 2.45) is 0 Å². The van der Waals surface area contributed by atoms with E-state index in [0.717, 1.165) is 0 Å². The molecule has 1 heterocycles. The van der Waals surface area contributed by atoms with Crippen LogP contribution in [-0.2, 0) is 6.42 Å². The number of aryl methyl sites for hydroxylation is 1. The first-order valence-electron chi connectivity index (χ1n) is 3.46. The van der Waals surface area contributed by atoms with Crippen molar-refractivity contribution in [2.75, 3.05) is 6.61 Å². The van der Waals surface area contributed by atoms with Gasteiger partial charge in [0.05, 0.1) is 5.69 Å². The first-order valence-corrected chi connectivity index (χ1v) is 3.46. The lowest BCUT2D eigenvalue weighted by molar-refractivity contribution is 0.287. The molecule has 0 fully saturated rings. The van der Waals surface area contributed by atoms with Gasteiger partial charge in [-0.05, 0) is 18.9 Å². The lowest BCUT2D eigenvalue weighted by Gasteiger charge is -1.97. The van der Waals surface area contributed by atoms with Crippen LogP contribution in [-0.4, -0.2) is 16.7 Å². The van der Waals surface area contributed by atoms with Crippen LogP contribution in [0.4, 0.5) is 4.39 Å². The molecule has 2 nitrogen and oxygen atoms in total. The SMILES string of the molecule is OCCCc1ncc[c]c1F. The molecule has 0 aromatic carbocycles. The molecular weight excluding hydrogens is 145 g/mol. The van der Waals surface area contributed by atoms with Gasteiger partial charge in [-0.1, -0.05) is 0 Å². The van der Waals surface area contributed by atoms with Gasteiger partial charge in [-0.25, -0.2) is 4.39 Å². The molecule has 1 N–H and O–H groups in total. The molecule has 0 saturated heterocycles. The first kappa shape index (κ1) is 8.14. The zero-order chi connectivity index (χ0) is 8.10. The standard InChI is InChI=1S/C8H9FNO/c9-7-3-1-5-10-8(7)4-2-6-11/h1,5,11H,2,4,6H2. The van der Waals surface area contributed by atoms with Crippen molar-refractivity contribution >= 4 is 0 Å². The van der Waals surface area contributed by atoms with Crippen LogP contribution in [0.25, 0.3) is 0 Å². The minimum atomic E-state index is -0.416. The quantitative estimate of drug-likeness (QED) is 0.703. The van der Waals surface area contributed by atoms with Crippen molar-refractivity contribution in [3.8, 4) is 0 Å². The summed E-state index contributed by atoms with van der Waals surface area (Å²) in [6, 6.07) is 3.83. The molecule has 0 amide bonds. The van der Waals surface area contributed by atoms with Crippen molar-refractivity contribution in [3.63, 3.8) is 0 Å². The number of aliphatic hydroxyl groups is 1. The summed E-state index contributed by atoms with van der Waals surface area (Å²) in [7, 11) is 0. The minimum Gasteiger partial charge on any atom is -0.396 e. The normalized spacial score (nSPS) is 10.0. The molecule has 1 radical (unpaired) electrons. The number of aliphatic hydroxyl groups excluding tert-OH is 1. The van der Waals surface area contributed by atoms with E-state index in [2.05, 4.69) is 11.1 Å². The van der Waals surface area contributed by atoms with Crippen LogP contribution < -0.4 is 0 Å². The average molecular weight is 154 g/mol. The zero-order valence-corrected chi connectivity index (χ0v) is 6.05. The van der Waals surface area contributed by atoms with E-state index < -0.39 is 5.82 Å². The van der Waals surface area contributed by atoms with Crippen molar-refractivity contribution < 1.29 is 9.50 Å². The number of hydrogen-bond donors (Lipinski definition) is 1. The summed E-state index contributed by atoms with van der Waals surface area (Å²) in [5.41, 5.74) is 0.376. The zero-order valence-electron chi connectivity index (χ0n) is 6.05. The van der Waals surface area contributed by atoms with Crippen molar-refractivity contribution in [1.29, 1.82) is 0 Å². The Morgan fingerprint density at radius 1 is 1.64 bits per heavy atom. The summed E-state index contributed by atoms with van der Waals surface area (Å²) in [5, 5.41) is 8.46. The highest BCUT2D eigenvalue weighted by Crippen LogP contribution is 2.03. The second-order valence-corrected chi connectivity index (χ2v) is 2.18. The van der Waals surface area contributed by atoms with Crippen LogP contribution in [0.5, 0.6) is 0 Å². The Balaban J connectivity index is 2.62. The smallest absolute Gasteiger partial charge is 0.152 e. The van der Waals surface area contributed by atoms with Gasteiger partial charge in [0.25, 0.3) is 0 Å². The molecule has 1 rings (SSSR count). The van der Waals surface area contributed by atoms with E-state index in [0.29, 0.717) is 18.5 Å². The van der Waals surface area contributed by atoms with Crippen LogP contribution in [0.3, 0.4) is 0 Å². The summed E-state index contributed by atoms with van der Waals surface area (Å²) < 4.78 is 12.7. The van der Waals surface area contributed by atoms with Gasteiger partial charge in [-0.15, -0.1) is 0 Å². The molecule has 11 heavy (non-hydrogen) atoms. The average Bonchev–Trinajstić information content (AvgIpc) is 2.03.